The van der Waals surface area contributed by atoms with E-state index in [1.165, 1.54) is 0 Å². The van der Waals surface area contributed by atoms with E-state index in [2.05, 4.69) is 4.99 Å². The fraction of sp³-hybridized carbons (Fsp3) is 0.333. The van der Waals surface area contributed by atoms with Crippen LogP contribution in [0.3, 0.4) is 0 Å². The largest absolute Gasteiger partial charge is 0.399 e. The first kappa shape index (κ1) is 12.7. The molecule has 1 aromatic rings. The van der Waals surface area contributed by atoms with E-state index in [1.54, 1.807) is 12.1 Å². The van der Waals surface area contributed by atoms with Crippen molar-refractivity contribution in [3.05, 3.63) is 23.2 Å². The molecule has 6 heteroatoms. The molecule has 0 atom stereocenters. The van der Waals surface area contributed by atoms with Crippen LogP contribution < -0.4 is 10.6 Å². The number of benzene rings is 1. The van der Waals surface area contributed by atoms with Gasteiger partial charge in [0.15, 0.2) is 0 Å². The lowest BCUT2D eigenvalue weighted by atomic mass is 10.2. The van der Waals surface area contributed by atoms with Crippen LogP contribution in [-0.4, -0.2) is 25.6 Å². The Balaban J connectivity index is 2.38. The van der Waals surface area contributed by atoms with Gasteiger partial charge < -0.3 is 15.4 Å². The van der Waals surface area contributed by atoms with Gasteiger partial charge in [-0.2, -0.15) is 10.3 Å². The van der Waals surface area contributed by atoms with Crippen molar-refractivity contribution in [1.82, 2.24) is 0 Å². The molecule has 0 bridgehead atoms. The van der Waals surface area contributed by atoms with Crippen LogP contribution in [0.15, 0.2) is 23.2 Å². The van der Waals surface area contributed by atoms with E-state index in [4.69, 9.17) is 27.3 Å². The zero-order valence-electron chi connectivity index (χ0n) is 9.77. The molecule has 1 aromatic carbocycles. The van der Waals surface area contributed by atoms with Crippen LogP contribution in [0.4, 0.5) is 11.4 Å². The van der Waals surface area contributed by atoms with E-state index in [-0.39, 0.29) is 0 Å². The van der Waals surface area contributed by atoms with Crippen LogP contribution in [-0.2, 0) is 4.74 Å². The molecule has 0 aromatic heterocycles. The average Bonchev–Trinajstić information content (AvgIpc) is 2.56. The Morgan fingerprint density at radius 1 is 1.44 bits per heavy atom. The molecular formula is C12H13ClN4O. The van der Waals surface area contributed by atoms with E-state index in [1.807, 2.05) is 17.2 Å². The standard InChI is InChI=1S/C12H13ClN4O/c13-10-7-9(15)1-2-11(10)17-4-6-18-5-3-12(17)16-8-14/h1-2,7H,3-6,15H2/b16-12-. The van der Waals surface area contributed by atoms with E-state index in [9.17, 15) is 0 Å². The second-order valence-electron chi connectivity index (χ2n) is 3.85. The zero-order valence-corrected chi connectivity index (χ0v) is 10.5. The summed E-state index contributed by atoms with van der Waals surface area (Å²) in [5.74, 6) is 0.668. The number of halogens is 1. The zero-order chi connectivity index (χ0) is 13.0. The summed E-state index contributed by atoms with van der Waals surface area (Å²) in [5, 5.41) is 9.27. The first-order valence-electron chi connectivity index (χ1n) is 5.58. The summed E-state index contributed by atoms with van der Waals surface area (Å²) in [6.07, 6.45) is 2.41. The minimum Gasteiger partial charge on any atom is -0.399 e. The van der Waals surface area contributed by atoms with Crippen molar-refractivity contribution in [2.75, 3.05) is 30.4 Å². The lowest BCUT2D eigenvalue weighted by Crippen LogP contribution is -2.32. The van der Waals surface area contributed by atoms with Gasteiger partial charge in [0.2, 0.25) is 6.19 Å². The Morgan fingerprint density at radius 3 is 3.00 bits per heavy atom. The van der Waals surface area contributed by atoms with E-state index in [0.29, 0.717) is 42.7 Å². The highest BCUT2D eigenvalue weighted by molar-refractivity contribution is 6.34. The van der Waals surface area contributed by atoms with Crippen LogP contribution >= 0.6 is 11.6 Å². The summed E-state index contributed by atoms with van der Waals surface area (Å²) in [6, 6.07) is 5.29. The molecule has 5 nitrogen and oxygen atoms in total. The molecule has 0 radical (unpaired) electrons. The highest BCUT2D eigenvalue weighted by atomic mass is 35.5. The Hall–Kier alpha value is -1.77. The van der Waals surface area contributed by atoms with Crippen LogP contribution in [0.1, 0.15) is 6.42 Å². The Bertz CT molecular complexity index is 509. The molecule has 1 fully saturated rings. The Labute approximate surface area is 110 Å². The van der Waals surface area contributed by atoms with Crippen molar-refractivity contribution in [2.45, 2.75) is 6.42 Å². The molecule has 1 heterocycles. The fourth-order valence-corrected chi connectivity index (χ4v) is 2.15. The number of amidine groups is 1. The molecular weight excluding hydrogens is 252 g/mol. The first-order chi connectivity index (χ1) is 8.72. The Morgan fingerprint density at radius 2 is 2.28 bits per heavy atom. The van der Waals surface area contributed by atoms with Gasteiger partial charge in [0.1, 0.15) is 5.84 Å². The minimum absolute atomic E-state index is 0.544. The molecule has 18 heavy (non-hydrogen) atoms. The normalized spacial score (nSPS) is 18.4. The molecule has 0 spiro atoms. The van der Waals surface area contributed by atoms with Gasteiger partial charge >= 0.3 is 0 Å². The number of nitrogens with zero attached hydrogens (tertiary/aromatic N) is 3. The van der Waals surface area contributed by atoms with Crippen molar-refractivity contribution in [2.24, 2.45) is 4.99 Å². The van der Waals surface area contributed by atoms with Crippen LogP contribution in [0.2, 0.25) is 5.02 Å². The summed E-state index contributed by atoms with van der Waals surface area (Å²) in [4.78, 5) is 5.74. The molecule has 1 saturated heterocycles. The van der Waals surface area contributed by atoms with E-state index >= 15 is 0 Å². The highest BCUT2D eigenvalue weighted by Gasteiger charge is 2.19. The maximum atomic E-state index is 8.73. The smallest absolute Gasteiger partial charge is 0.207 e. The van der Waals surface area contributed by atoms with Gasteiger partial charge in [-0.3, -0.25) is 0 Å². The molecule has 2 N–H and O–H groups in total. The van der Waals surface area contributed by atoms with Gasteiger partial charge in [-0.05, 0) is 18.2 Å². The second kappa shape index (κ2) is 5.71. The SMILES string of the molecule is N#C/N=C1/CCOCCN1c1ccc(N)cc1Cl. The third-order valence-corrected chi connectivity index (χ3v) is 2.99. The maximum Gasteiger partial charge on any atom is 0.207 e. The van der Waals surface area contributed by atoms with Crippen LogP contribution in [0.25, 0.3) is 0 Å². The predicted molar refractivity (Wildman–Crippen MR) is 71.7 cm³/mol. The van der Waals surface area contributed by atoms with Gasteiger partial charge in [-0.1, -0.05) is 11.6 Å². The summed E-state index contributed by atoms with van der Waals surface area (Å²) in [5.41, 5.74) is 7.07. The van der Waals surface area contributed by atoms with Crippen molar-refractivity contribution in [1.29, 1.82) is 5.26 Å². The number of aliphatic imine (C=N–C) groups is 1. The lowest BCUT2D eigenvalue weighted by Gasteiger charge is -2.24. The van der Waals surface area contributed by atoms with Crippen LogP contribution in [0, 0.1) is 11.5 Å². The summed E-state index contributed by atoms with van der Waals surface area (Å²) in [6.45, 7) is 1.75. The van der Waals surface area contributed by atoms with Gasteiger partial charge in [-0.15, -0.1) is 0 Å². The minimum atomic E-state index is 0.544. The molecule has 0 amide bonds. The number of hydrogen-bond acceptors (Lipinski definition) is 4. The number of rotatable bonds is 1. The number of nitriles is 1. The Kier molecular flexibility index (Phi) is 4.03. The topological polar surface area (TPSA) is 74.6 Å². The fourth-order valence-electron chi connectivity index (χ4n) is 1.86. The van der Waals surface area contributed by atoms with Gasteiger partial charge in [0.25, 0.3) is 0 Å². The third-order valence-electron chi connectivity index (χ3n) is 2.68. The highest BCUT2D eigenvalue weighted by Crippen LogP contribution is 2.29. The van der Waals surface area contributed by atoms with Crippen molar-refractivity contribution < 1.29 is 4.74 Å². The van der Waals surface area contributed by atoms with E-state index < -0.39 is 0 Å². The predicted octanol–water partition coefficient (Wildman–Crippen LogP) is 2.03. The maximum absolute atomic E-state index is 8.73. The molecule has 1 aliphatic heterocycles. The molecule has 0 saturated carbocycles. The van der Waals surface area contributed by atoms with Crippen molar-refractivity contribution in [3.63, 3.8) is 0 Å². The number of anilines is 2. The molecule has 0 unspecified atom stereocenters. The number of hydrogen-bond donors (Lipinski definition) is 1. The molecule has 2 rings (SSSR count). The number of ether oxygens (including phenoxy) is 1. The number of nitrogens with two attached hydrogens (primary N) is 1. The average molecular weight is 265 g/mol. The molecule has 94 valence electrons. The summed E-state index contributed by atoms with van der Waals surface area (Å²) < 4.78 is 5.39. The summed E-state index contributed by atoms with van der Waals surface area (Å²) in [7, 11) is 0. The van der Waals surface area contributed by atoms with Crippen molar-refractivity contribution in [3.8, 4) is 6.19 Å². The molecule has 1 aliphatic rings. The lowest BCUT2D eigenvalue weighted by molar-refractivity contribution is 0.155. The monoisotopic (exact) mass is 264 g/mol. The summed E-state index contributed by atoms with van der Waals surface area (Å²) >= 11 is 6.18. The second-order valence-corrected chi connectivity index (χ2v) is 4.26. The molecule has 0 aliphatic carbocycles. The first-order valence-corrected chi connectivity index (χ1v) is 5.96. The van der Waals surface area contributed by atoms with Crippen LogP contribution in [0.5, 0.6) is 0 Å². The van der Waals surface area contributed by atoms with Gasteiger partial charge in [-0.25, -0.2) is 0 Å². The van der Waals surface area contributed by atoms with E-state index in [0.717, 1.165) is 5.69 Å². The van der Waals surface area contributed by atoms with Gasteiger partial charge in [0.05, 0.1) is 23.9 Å². The number of nitrogen functional groups attached to an aromatic ring is 1. The quantitative estimate of drug-likeness (QED) is 0.622. The third kappa shape index (κ3) is 2.73. The van der Waals surface area contributed by atoms with Gasteiger partial charge in [0, 0.05) is 18.7 Å². The van der Waals surface area contributed by atoms with Crippen molar-refractivity contribution >= 4 is 28.8 Å².